The van der Waals surface area contributed by atoms with Gasteiger partial charge in [0.25, 0.3) is 0 Å². The van der Waals surface area contributed by atoms with E-state index in [1.807, 2.05) is 5.32 Å². The van der Waals surface area contributed by atoms with Crippen LogP contribution in [0.25, 0.3) is 0 Å². The summed E-state index contributed by atoms with van der Waals surface area (Å²) < 4.78 is 56.6. The van der Waals surface area contributed by atoms with E-state index in [4.69, 9.17) is 0 Å². The van der Waals surface area contributed by atoms with E-state index in [2.05, 4.69) is 0 Å². The topological polar surface area (TPSA) is 75.3 Å². The monoisotopic (exact) mass is 234 g/mol. The molecule has 0 aromatic rings. The lowest BCUT2D eigenvalue weighted by atomic mass is 10.4. The number of sulfonamides is 1. The van der Waals surface area contributed by atoms with Crippen LogP contribution in [0.2, 0.25) is 0 Å². The molecule has 0 spiro atoms. The molecule has 9 heteroatoms. The summed E-state index contributed by atoms with van der Waals surface area (Å²) in [6.45, 7) is 2.94. The Balaban J connectivity index is 4.48. The molecule has 0 aromatic carbocycles. The summed E-state index contributed by atoms with van der Waals surface area (Å²) in [6.07, 6.45) is 0. The van der Waals surface area contributed by atoms with Crippen LogP contribution in [0.15, 0.2) is 0 Å². The minimum atomic E-state index is -5.60. The van der Waals surface area contributed by atoms with Crippen molar-refractivity contribution in [2.24, 2.45) is 0 Å². The van der Waals surface area contributed by atoms with Gasteiger partial charge in [-0.25, -0.2) is 9.52 Å². The first kappa shape index (κ1) is 13.0. The number of rotatable bonds is 2. The fourth-order valence-corrected chi connectivity index (χ4v) is 0.890. The van der Waals surface area contributed by atoms with Crippen LogP contribution in [0.1, 0.15) is 13.8 Å². The highest BCUT2D eigenvalue weighted by atomic mass is 32.2. The van der Waals surface area contributed by atoms with Crippen molar-refractivity contribution < 1.29 is 26.4 Å². The van der Waals surface area contributed by atoms with Crippen molar-refractivity contribution >= 4 is 16.1 Å². The number of amides is 2. The third kappa shape index (κ3) is 3.81. The molecule has 0 atom stereocenters. The van der Waals surface area contributed by atoms with Gasteiger partial charge in [0, 0.05) is 6.04 Å². The normalized spacial score (nSPS) is 12.7. The SMILES string of the molecule is CC(C)NC(=O)NS(=O)(=O)C(F)(F)F. The molecule has 0 bridgehead atoms. The van der Waals surface area contributed by atoms with Crippen molar-refractivity contribution in [1.82, 2.24) is 10.0 Å². The molecule has 2 N–H and O–H groups in total. The minimum absolute atomic E-state index is 0.460. The van der Waals surface area contributed by atoms with Crippen LogP contribution in [0, 0.1) is 0 Å². The Bertz CT molecular complexity index is 309. The molecule has 0 radical (unpaired) electrons. The van der Waals surface area contributed by atoms with Gasteiger partial charge >= 0.3 is 21.6 Å². The van der Waals surface area contributed by atoms with Crippen LogP contribution in [0.4, 0.5) is 18.0 Å². The first-order chi connectivity index (χ1) is 6.06. The fraction of sp³-hybridized carbons (Fsp3) is 0.800. The molecule has 0 aliphatic heterocycles. The Morgan fingerprint density at radius 2 is 1.71 bits per heavy atom. The molecule has 84 valence electrons. The number of nitrogens with one attached hydrogen (secondary N) is 2. The van der Waals surface area contributed by atoms with Gasteiger partial charge in [-0.1, -0.05) is 0 Å². The number of urea groups is 1. The summed E-state index contributed by atoms with van der Waals surface area (Å²) in [4.78, 5) is 10.6. The molecule has 5 nitrogen and oxygen atoms in total. The summed E-state index contributed by atoms with van der Waals surface area (Å²) in [5.41, 5.74) is -5.48. The second-order valence-corrected chi connectivity index (χ2v) is 4.35. The van der Waals surface area contributed by atoms with E-state index in [0.717, 1.165) is 4.72 Å². The maximum absolute atomic E-state index is 11.7. The minimum Gasteiger partial charge on any atom is -0.335 e. The Hall–Kier alpha value is -0.990. The van der Waals surface area contributed by atoms with Crippen LogP contribution in [0.5, 0.6) is 0 Å². The second kappa shape index (κ2) is 4.03. The van der Waals surface area contributed by atoms with Gasteiger partial charge in [0.15, 0.2) is 0 Å². The second-order valence-electron chi connectivity index (χ2n) is 2.68. The molecule has 0 aliphatic carbocycles. The molecule has 0 rings (SSSR count). The molecule has 14 heavy (non-hydrogen) atoms. The van der Waals surface area contributed by atoms with Crippen molar-refractivity contribution in [1.29, 1.82) is 0 Å². The van der Waals surface area contributed by atoms with E-state index < -0.39 is 27.6 Å². The quantitative estimate of drug-likeness (QED) is 0.732. The van der Waals surface area contributed by atoms with Gasteiger partial charge in [0.2, 0.25) is 0 Å². The molecule has 0 saturated heterocycles. The summed E-state index contributed by atoms with van der Waals surface area (Å²) in [6, 6.07) is -1.87. The van der Waals surface area contributed by atoms with Gasteiger partial charge in [-0.2, -0.15) is 21.6 Å². The zero-order chi connectivity index (χ0) is 11.6. The third-order valence-electron chi connectivity index (χ3n) is 0.952. The van der Waals surface area contributed by atoms with E-state index >= 15 is 0 Å². The largest absolute Gasteiger partial charge is 0.516 e. The highest BCUT2D eigenvalue weighted by Gasteiger charge is 2.47. The lowest BCUT2D eigenvalue weighted by Crippen LogP contribution is -2.47. The average Bonchev–Trinajstić information content (AvgIpc) is 1.79. The highest BCUT2D eigenvalue weighted by molar-refractivity contribution is 7.90. The molecule has 0 saturated carbocycles. The van der Waals surface area contributed by atoms with E-state index in [-0.39, 0.29) is 0 Å². The zero-order valence-corrected chi connectivity index (χ0v) is 8.16. The molecule has 0 unspecified atom stereocenters. The van der Waals surface area contributed by atoms with Crippen LogP contribution < -0.4 is 10.0 Å². The van der Waals surface area contributed by atoms with Crippen LogP contribution in [-0.4, -0.2) is 26.0 Å². The van der Waals surface area contributed by atoms with Crippen molar-refractivity contribution in [3.63, 3.8) is 0 Å². The van der Waals surface area contributed by atoms with E-state index in [0.29, 0.717) is 0 Å². The van der Waals surface area contributed by atoms with E-state index in [1.54, 1.807) is 0 Å². The van der Waals surface area contributed by atoms with Gasteiger partial charge in [-0.05, 0) is 13.8 Å². The summed E-state index contributed by atoms with van der Waals surface area (Å²) in [5.74, 6) is 0. The van der Waals surface area contributed by atoms with E-state index in [1.165, 1.54) is 13.8 Å². The molecule has 0 aliphatic rings. The van der Waals surface area contributed by atoms with Gasteiger partial charge in [0.1, 0.15) is 0 Å². The zero-order valence-electron chi connectivity index (χ0n) is 7.34. The number of carbonyl (C=O) groups excluding carboxylic acids is 1. The summed E-state index contributed by atoms with van der Waals surface area (Å²) in [7, 11) is -5.60. The average molecular weight is 234 g/mol. The summed E-state index contributed by atoms with van der Waals surface area (Å²) in [5, 5.41) is 1.94. The van der Waals surface area contributed by atoms with Gasteiger partial charge < -0.3 is 5.32 Å². The lowest BCUT2D eigenvalue weighted by molar-refractivity contribution is -0.0444. The molecule has 2 amide bonds. The highest BCUT2D eigenvalue weighted by Crippen LogP contribution is 2.21. The predicted octanol–water partition coefficient (Wildman–Crippen LogP) is 0.544. The van der Waals surface area contributed by atoms with Crippen LogP contribution in [-0.2, 0) is 10.0 Å². The molecule has 0 fully saturated rings. The number of alkyl halides is 3. The first-order valence-corrected chi connectivity index (χ1v) is 4.94. The maximum atomic E-state index is 11.7. The lowest BCUT2D eigenvalue weighted by Gasteiger charge is -2.11. The van der Waals surface area contributed by atoms with Gasteiger partial charge in [0.05, 0.1) is 0 Å². The number of carbonyl (C=O) groups is 1. The van der Waals surface area contributed by atoms with Crippen molar-refractivity contribution in [2.75, 3.05) is 0 Å². The van der Waals surface area contributed by atoms with Gasteiger partial charge in [-0.3, -0.25) is 0 Å². The molecular formula is C5H9F3N2O3S. The molecular weight excluding hydrogens is 225 g/mol. The predicted molar refractivity (Wildman–Crippen MR) is 41.8 cm³/mol. The summed E-state index contributed by atoms with van der Waals surface area (Å²) >= 11 is 0. The molecule has 0 heterocycles. The third-order valence-corrected chi connectivity index (χ3v) is 2.02. The standard InChI is InChI=1S/C5H9F3N2O3S/c1-3(2)9-4(11)10-14(12,13)5(6,7)8/h3H,1-2H3,(H2,9,10,11). The van der Waals surface area contributed by atoms with Crippen molar-refractivity contribution in [2.45, 2.75) is 25.4 Å². The van der Waals surface area contributed by atoms with Crippen molar-refractivity contribution in [3.05, 3.63) is 0 Å². The maximum Gasteiger partial charge on any atom is 0.516 e. The first-order valence-electron chi connectivity index (χ1n) is 3.46. The number of halogens is 3. The number of hydrogen-bond donors (Lipinski definition) is 2. The van der Waals surface area contributed by atoms with Crippen LogP contribution >= 0.6 is 0 Å². The Morgan fingerprint density at radius 3 is 2.00 bits per heavy atom. The Kier molecular flexibility index (Phi) is 3.74. The number of hydrogen-bond acceptors (Lipinski definition) is 3. The van der Waals surface area contributed by atoms with Crippen molar-refractivity contribution in [3.8, 4) is 0 Å². The Labute approximate surface area is 78.7 Å². The molecule has 0 aromatic heterocycles. The fourth-order valence-electron chi connectivity index (χ4n) is 0.472. The smallest absolute Gasteiger partial charge is 0.335 e. The van der Waals surface area contributed by atoms with E-state index in [9.17, 15) is 26.4 Å². The van der Waals surface area contributed by atoms with Crippen LogP contribution in [0.3, 0.4) is 0 Å². The van der Waals surface area contributed by atoms with Gasteiger partial charge in [-0.15, -0.1) is 0 Å². The Morgan fingerprint density at radius 1 is 1.29 bits per heavy atom.